The Hall–Kier alpha value is -1.84. The molecule has 1 rings (SSSR count). The lowest BCUT2D eigenvalue weighted by Crippen LogP contribution is -2.14. The molecule has 1 amide bonds. The van der Waals surface area contributed by atoms with E-state index in [0.29, 0.717) is 17.4 Å². The summed E-state index contributed by atoms with van der Waals surface area (Å²) in [4.78, 5) is 21.9. The molecule has 4 heteroatoms. The minimum atomic E-state index is -0.309. The van der Waals surface area contributed by atoms with Crippen molar-refractivity contribution in [2.75, 3.05) is 5.32 Å². The van der Waals surface area contributed by atoms with Crippen LogP contribution in [0.5, 0.6) is 5.75 Å². The van der Waals surface area contributed by atoms with Gasteiger partial charge in [-0.1, -0.05) is 20.8 Å². The zero-order valence-electron chi connectivity index (χ0n) is 10.5. The number of benzene rings is 1. The summed E-state index contributed by atoms with van der Waals surface area (Å²) in [6, 6.07) is 3.09. The van der Waals surface area contributed by atoms with E-state index in [0.717, 1.165) is 0 Å². The predicted octanol–water partition coefficient (Wildman–Crippen LogP) is 2.46. The van der Waals surface area contributed by atoms with E-state index in [9.17, 15) is 14.7 Å². The Morgan fingerprint density at radius 3 is 2.35 bits per heavy atom. The van der Waals surface area contributed by atoms with Gasteiger partial charge in [0.1, 0.15) is 12.0 Å². The van der Waals surface area contributed by atoms with Crippen LogP contribution in [-0.4, -0.2) is 17.3 Å². The summed E-state index contributed by atoms with van der Waals surface area (Å²) in [7, 11) is 0. The van der Waals surface area contributed by atoms with E-state index in [1.54, 1.807) is 6.07 Å². The average molecular weight is 235 g/mol. The Labute approximate surface area is 101 Å². The number of amides is 1. The molecule has 0 unspecified atom stereocenters. The molecule has 0 radical (unpaired) electrons. The number of hydrogen-bond donors (Lipinski definition) is 2. The smallest absolute Gasteiger partial charge is 0.221 e. The monoisotopic (exact) mass is 235 g/mol. The molecule has 1 aromatic carbocycles. The largest absolute Gasteiger partial charge is 0.505 e. The summed E-state index contributed by atoms with van der Waals surface area (Å²) in [5.74, 6) is -0.276. The van der Waals surface area contributed by atoms with Crippen LogP contribution in [0.4, 0.5) is 5.69 Å². The van der Waals surface area contributed by atoms with Crippen LogP contribution in [0.15, 0.2) is 12.1 Å². The van der Waals surface area contributed by atoms with Crippen LogP contribution in [0, 0.1) is 0 Å². The third kappa shape index (κ3) is 3.06. The summed E-state index contributed by atoms with van der Waals surface area (Å²) >= 11 is 0. The number of nitrogens with one attached hydrogen (secondary N) is 1. The molecule has 2 N–H and O–H groups in total. The lowest BCUT2D eigenvalue weighted by Gasteiger charge is -2.22. The second kappa shape index (κ2) is 4.57. The summed E-state index contributed by atoms with van der Waals surface area (Å²) in [5, 5.41) is 12.6. The van der Waals surface area contributed by atoms with E-state index in [1.165, 1.54) is 13.0 Å². The molecule has 92 valence electrons. The summed E-state index contributed by atoms with van der Waals surface area (Å²) < 4.78 is 0. The molecule has 0 fully saturated rings. The van der Waals surface area contributed by atoms with Gasteiger partial charge < -0.3 is 10.4 Å². The molecule has 0 heterocycles. The molecule has 1 aromatic rings. The van der Waals surface area contributed by atoms with Gasteiger partial charge in [0.25, 0.3) is 0 Å². The zero-order chi connectivity index (χ0) is 13.2. The van der Waals surface area contributed by atoms with Gasteiger partial charge in [0, 0.05) is 18.1 Å². The van der Waals surface area contributed by atoms with Gasteiger partial charge in [0.2, 0.25) is 5.91 Å². The van der Waals surface area contributed by atoms with Gasteiger partial charge >= 0.3 is 0 Å². The molecule has 0 bridgehead atoms. The normalized spacial score (nSPS) is 11.1. The fraction of sp³-hybridized carbons (Fsp3) is 0.385. The Morgan fingerprint density at radius 1 is 1.35 bits per heavy atom. The fourth-order valence-corrected chi connectivity index (χ4v) is 1.58. The van der Waals surface area contributed by atoms with Gasteiger partial charge in [-0.25, -0.2) is 0 Å². The molecule has 17 heavy (non-hydrogen) atoms. The van der Waals surface area contributed by atoms with Crippen molar-refractivity contribution in [1.82, 2.24) is 0 Å². The Balaban J connectivity index is 3.41. The number of phenols is 1. The number of rotatable bonds is 2. The summed E-state index contributed by atoms with van der Waals surface area (Å²) in [6.45, 7) is 7.13. The minimum absolute atomic E-state index is 0.0123. The Bertz CT molecular complexity index is 458. The highest BCUT2D eigenvalue weighted by Gasteiger charge is 2.21. The van der Waals surface area contributed by atoms with Crippen molar-refractivity contribution >= 4 is 17.9 Å². The van der Waals surface area contributed by atoms with Gasteiger partial charge in [-0.05, 0) is 17.5 Å². The first kappa shape index (κ1) is 13.2. The van der Waals surface area contributed by atoms with E-state index in [2.05, 4.69) is 5.32 Å². The number of phenolic OH excluding ortho intramolecular Hbond substituents is 1. The number of hydrogen-bond acceptors (Lipinski definition) is 3. The maximum atomic E-state index is 11.0. The van der Waals surface area contributed by atoms with Crippen LogP contribution in [0.3, 0.4) is 0 Å². The number of aldehydes is 1. The first-order valence-corrected chi connectivity index (χ1v) is 5.36. The predicted molar refractivity (Wildman–Crippen MR) is 66.5 cm³/mol. The number of carbonyl (C=O) groups excluding carboxylic acids is 2. The summed E-state index contributed by atoms with van der Waals surface area (Å²) in [6.07, 6.45) is 0.694. The van der Waals surface area contributed by atoms with Gasteiger partial charge in [0.15, 0.2) is 0 Å². The van der Waals surface area contributed by atoms with Gasteiger partial charge in [-0.2, -0.15) is 0 Å². The van der Waals surface area contributed by atoms with Crippen LogP contribution in [0.2, 0.25) is 0 Å². The van der Waals surface area contributed by atoms with Crippen LogP contribution in [-0.2, 0) is 10.2 Å². The van der Waals surface area contributed by atoms with Gasteiger partial charge in [-0.15, -0.1) is 0 Å². The molecule has 0 spiro atoms. The standard InChI is InChI=1S/C13H17NO3/c1-8(16)14-11-6-9(7-15)5-10(12(11)17)13(2,3)4/h5-7,17H,1-4H3,(H,14,16). The molecular formula is C13H17NO3. The first-order chi connectivity index (χ1) is 7.75. The van der Waals surface area contributed by atoms with Crippen molar-refractivity contribution in [2.45, 2.75) is 33.1 Å². The van der Waals surface area contributed by atoms with E-state index in [1.807, 2.05) is 20.8 Å². The van der Waals surface area contributed by atoms with Crippen molar-refractivity contribution in [3.05, 3.63) is 23.3 Å². The molecule has 0 aromatic heterocycles. The molecule has 0 saturated carbocycles. The third-order valence-corrected chi connectivity index (χ3v) is 2.39. The average Bonchev–Trinajstić information content (AvgIpc) is 2.18. The Kier molecular flexibility index (Phi) is 3.56. The van der Waals surface area contributed by atoms with E-state index in [-0.39, 0.29) is 22.8 Å². The molecule has 0 aliphatic carbocycles. The lowest BCUT2D eigenvalue weighted by atomic mass is 9.85. The molecule has 4 nitrogen and oxygen atoms in total. The molecule has 0 saturated heterocycles. The molecule has 0 aliphatic rings. The van der Waals surface area contributed by atoms with Crippen molar-refractivity contribution in [3.8, 4) is 5.75 Å². The number of anilines is 1. The number of carbonyl (C=O) groups is 2. The maximum Gasteiger partial charge on any atom is 0.221 e. The lowest BCUT2D eigenvalue weighted by molar-refractivity contribution is -0.114. The van der Waals surface area contributed by atoms with E-state index in [4.69, 9.17) is 0 Å². The second-order valence-electron chi connectivity index (χ2n) is 5.01. The zero-order valence-corrected chi connectivity index (χ0v) is 10.5. The SMILES string of the molecule is CC(=O)Nc1cc(C=O)cc(C(C)(C)C)c1O. The molecule has 0 atom stereocenters. The number of aromatic hydroxyl groups is 1. The minimum Gasteiger partial charge on any atom is -0.505 e. The molecule has 0 aliphatic heterocycles. The van der Waals surface area contributed by atoms with Crippen molar-refractivity contribution < 1.29 is 14.7 Å². The quantitative estimate of drug-likeness (QED) is 0.611. The van der Waals surface area contributed by atoms with Crippen LogP contribution >= 0.6 is 0 Å². The topological polar surface area (TPSA) is 66.4 Å². The van der Waals surface area contributed by atoms with Crippen LogP contribution in [0.25, 0.3) is 0 Å². The Morgan fingerprint density at radius 2 is 1.94 bits per heavy atom. The van der Waals surface area contributed by atoms with Gasteiger partial charge in [-0.3, -0.25) is 9.59 Å². The third-order valence-electron chi connectivity index (χ3n) is 2.39. The van der Waals surface area contributed by atoms with E-state index >= 15 is 0 Å². The van der Waals surface area contributed by atoms with Crippen LogP contribution in [0.1, 0.15) is 43.6 Å². The highest BCUT2D eigenvalue weighted by atomic mass is 16.3. The van der Waals surface area contributed by atoms with E-state index < -0.39 is 0 Å². The van der Waals surface area contributed by atoms with Crippen molar-refractivity contribution in [2.24, 2.45) is 0 Å². The highest BCUT2D eigenvalue weighted by Crippen LogP contribution is 2.37. The first-order valence-electron chi connectivity index (χ1n) is 5.36. The second-order valence-corrected chi connectivity index (χ2v) is 5.01. The van der Waals surface area contributed by atoms with Crippen molar-refractivity contribution in [1.29, 1.82) is 0 Å². The van der Waals surface area contributed by atoms with Gasteiger partial charge in [0.05, 0.1) is 5.69 Å². The maximum absolute atomic E-state index is 11.0. The summed E-state index contributed by atoms with van der Waals surface area (Å²) in [5.41, 5.74) is 1.02. The highest BCUT2D eigenvalue weighted by molar-refractivity contribution is 5.92. The van der Waals surface area contributed by atoms with Crippen molar-refractivity contribution in [3.63, 3.8) is 0 Å². The molecular weight excluding hydrogens is 218 g/mol. The fourth-order valence-electron chi connectivity index (χ4n) is 1.58. The van der Waals surface area contributed by atoms with Crippen LogP contribution < -0.4 is 5.32 Å².